The molecule has 4 nitrogen and oxygen atoms in total. The number of esters is 1. The number of carbonyl (C=O) groups is 1. The van der Waals surface area contributed by atoms with Gasteiger partial charge in [0.2, 0.25) is 0 Å². The van der Waals surface area contributed by atoms with Crippen molar-refractivity contribution in [1.82, 2.24) is 0 Å². The smallest absolute Gasteiger partial charge is 0.338 e. The van der Waals surface area contributed by atoms with E-state index in [1.54, 1.807) is 30.3 Å². The number of benzene rings is 1. The highest BCUT2D eigenvalue weighted by Crippen LogP contribution is 2.06. The van der Waals surface area contributed by atoms with Crippen molar-refractivity contribution < 1.29 is 14.3 Å². The molecule has 0 unspecified atom stereocenters. The van der Waals surface area contributed by atoms with Crippen LogP contribution in [0, 0.1) is 0 Å². The minimum absolute atomic E-state index is 0.233. The summed E-state index contributed by atoms with van der Waals surface area (Å²) < 4.78 is 10.0. The molecular weight excluding hydrogens is 206 g/mol. The number of anilines is 1. The molecule has 0 saturated carbocycles. The van der Waals surface area contributed by atoms with Crippen LogP contribution in [0.1, 0.15) is 10.4 Å². The van der Waals surface area contributed by atoms with Gasteiger partial charge in [-0.1, -0.05) is 6.08 Å². The summed E-state index contributed by atoms with van der Waals surface area (Å²) in [5.41, 5.74) is 6.60. The Kier molecular flexibility index (Phi) is 5.08. The van der Waals surface area contributed by atoms with E-state index in [0.29, 0.717) is 24.5 Å². The van der Waals surface area contributed by atoms with E-state index in [1.807, 2.05) is 0 Å². The van der Waals surface area contributed by atoms with Crippen molar-refractivity contribution in [3.63, 3.8) is 0 Å². The maximum Gasteiger partial charge on any atom is 0.338 e. The molecule has 0 aliphatic carbocycles. The maximum absolute atomic E-state index is 11.4. The van der Waals surface area contributed by atoms with Crippen molar-refractivity contribution in [2.24, 2.45) is 0 Å². The fourth-order valence-corrected chi connectivity index (χ4v) is 1.06. The minimum atomic E-state index is -0.373. The van der Waals surface area contributed by atoms with Crippen molar-refractivity contribution in [2.45, 2.75) is 0 Å². The van der Waals surface area contributed by atoms with E-state index in [0.717, 1.165) is 0 Å². The summed E-state index contributed by atoms with van der Waals surface area (Å²) in [4.78, 5) is 11.4. The molecule has 0 radical (unpaired) electrons. The second-order valence-corrected chi connectivity index (χ2v) is 3.12. The molecule has 0 saturated heterocycles. The first-order chi connectivity index (χ1) is 7.74. The summed E-state index contributed by atoms with van der Waals surface area (Å²) in [5.74, 6) is -0.373. The first-order valence-electron chi connectivity index (χ1n) is 4.95. The van der Waals surface area contributed by atoms with E-state index in [4.69, 9.17) is 15.2 Å². The Bertz CT molecular complexity index is 346. The van der Waals surface area contributed by atoms with Crippen molar-refractivity contribution in [1.29, 1.82) is 0 Å². The Morgan fingerprint density at radius 3 is 2.62 bits per heavy atom. The first kappa shape index (κ1) is 12.3. The summed E-state index contributed by atoms with van der Waals surface area (Å²) in [6.45, 7) is 4.56. The summed E-state index contributed by atoms with van der Waals surface area (Å²) in [6.07, 6.45) is 1.64. The maximum atomic E-state index is 11.4. The molecule has 0 spiro atoms. The summed E-state index contributed by atoms with van der Waals surface area (Å²) in [7, 11) is 0. The van der Waals surface area contributed by atoms with Gasteiger partial charge >= 0.3 is 5.97 Å². The number of nitrogen functional groups attached to an aromatic ring is 1. The third kappa shape index (κ3) is 4.14. The Labute approximate surface area is 94.7 Å². The largest absolute Gasteiger partial charge is 0.460 e. The number of nitrogens with two attached hydrogens (primary N) is 1. The highest BCUT2D eigenvalue weighted by Gasteiger charge is 2.05. The lowest BCUT2D eigenvalue weighted by atomic mass is 10.2. The van der Waals surface area contributed by atoms with Crippen LogP contribution in [0.5, 0.6) is 0 Å². The molecule has 0 atom stereocenters. The fraction of sp³-hybridized carbons (Fsp3) is 0.250. The Hall–Kier alpha value is -1.81. The highest BCUT2D eigenvalue weighted by atomic mass is 16.6. The van der Waals surface area contributed by atoms with Crippen LogP contribution in [-0.2, 0) is 9.47 Å². The number of ether oxygens (including phenoxy) is 2. The van der Waals surface area contributed by atoms with Crippen molar-refractivity contribution in [3.05, 3.63) is 42.5 Å². The van der Waals surface area contributed by atoms with Gasteiger partial charge < -0.3 is 15.2 Å². The Balaban J connectivity index is 2.29. The van der Waals surface area contributed by atoms with Gasteiger partial charge in [0.1, 0.15) is 6.61 Å². The van der Waals surface area contributed by atoms with Gasteiger partial charge in [-0.15, -0.1) is 6.58 Å². The molecule has 86 valence electrons. The molecule has 0 amide bonds. The van der Waals surface area contributed by atoms with Gasteiger partial charge in [0.15, 0.2) is 0 Å². The van der Waals surface area contributed by atoms with Gasteiger partial charge in [0.05, 0.1) is 18.8 Å². The van der Waals surface area contributed by atoms with E-state index in [9.17, 15) is 4.79 Å². The Morgan fingerprint density at radius 2 is 2.00 bits per heavy atom. The van der Waals surface area contributed by atoms with Crippen molar-refractivity contribution in [3.8, 4) is 0 Å². The standard InChI is InChI=1S/C12H15NO3/c1-2-7-15-8-9-16-12(14)10-3-5-11(13)6-4-10/h2-6H,1,7-9,13H2. The Morgan fingerprint density at radius 1 is 1.31 bits per heavy atom. The van der Waals surface area contributed by atoms with Gasteiger partial charge in [-0.05, 0) is 24.3 Å². The van der Waals surface area contributed by atoms with E-state index < -0.39 is 0 Å². The van der Waals surface area contributed by atoms with E-state index >= 15 is 0 Å². The zero-order valence-corrected chi connectivity index (χ0v) is 9.02. The van der Waals surface area contributed by atoms with Gasteiger partial charge in [0, 0.05) is 5.69 Å². The lowest BCUT2D eigenvalue weighted by Crippen LogP contribution is -2.10. The number of rotatable bonds is 6. The van der Waals surface area contributed by atoms with Gasteiger partial charge in [0.25, 0.3) is 0 Å². The average molecular weight is 221 g/mol. The van der Waals surface area contributed by atoms with E-state index in [1.165, 1.54) is 0 Å². The van der Waals surface area contributed by atoms with E-state index in [2.05, 4.69) is 6.58 Å². The second kappa shape index (κ2) is 6.63. The number of hydrogen-bond acceptors (Lipinski definition) is 4. The molecule has 0 aliphatic heterocycles. The van der Waals surface area contributed by atoms with E-state index in [-0.39, 0.29) is 12.6 Å². The molecule has 0 heterocycles. The molecule has 0 fully saturated rings. The van der Waals surface area contributed by atoms with Crippen LogP contribution in [0.15, 0.2) is 36.9 Å². The third-order valence-corrected chi connectivity index (χ3v) is 1.84. The SMILES string of the molecule is C=CCOCCOC(=O)c1ccc(N)cc1. The molecule has 0 aromatic heterocycles. The zero-order chi connectivity index (χ0) is 11.8. The number of carbonyl (C=O) groups excluding carboxylic acids is 1. The molecular formula is C12H15NO3. The average Bonchev–Trinajstić information content (AvgIpc) is 2.29. The van der Waals surface area contributed by atoms with Gasteiger partial charge in [-0.25, -0.2) is 4.79 Å². The fourth-order valence-electron chi connectivity index (χ4n) is 1.06. The van der Waals surface area contributed by atoms with Crippen LogP contribution < -0.4 is 5.73 Å². The predicted octanol–water partition coefficient (Wildman–Crippen LogP) is 1.63. The van der Waals surface area contributed by atoms with Crippen LogP contribution >= 0.6 is 0 Å². The topological polar surface area (TPSA) is 61.5 Å². The van der Waals surface area contributed by atoms with Crippen LogP contribution in [-0.4, -0.2) is 25.8 Å². The normalized spacial score (nSPS) is 9.75. The molecule has 1 aromatic carbocycles. The monoisotopic (exact) mass is 221 g/mol. The lowest BCUT2D eigenvalue weighted by molar-refractivity contribution is 0.0354. The van der Waals surface area contributed by atoms with Gasteiger partial charge in [-0.2, -0.15) is 0 Å². The molecule has 1 aromatic rings. The zero-order valence-electron chi connectivity index (χ0n) is 9.02. The quantitative estimate of drug-likeness (QED) is 0.343. The molecule has 2 N–H and O–H groups in total. The minimum Gasteiger partial charge on any atom is -0.460 e. The third-order valence-electron chi connectivity index (χ3n) is 1.84. The van der Waals surface area contributed by atoms with Crippen molar-refractivity contribution >= 4 is 11.7 Å². The van der Waals surface area contributed by atoms with Crippen LogP contribution in [0.4, 0.5) is 5.69 Å². The van der Waals surface area contributed by atoms with Gasteiger partial charge in [-0.3, -0.25) is 0 Å². The highest BCUT2D eigenvalue weighted by molar-refractivity contribution is 5.89. The van der Waals surface area contributed by atoms with Crippen LogP contribution in [0.25, 0.3) is 0 Å². The van der Waals surface area contributed by atoms with Crippen molar-refractivity contribution in [2.75, 3.05) is 25.6 Å². The molecule has 4 heteroatoms. The number of hydrogen-bond donors (Lipinski definition) is 1. The molecule has 0 aliphatic rings. The lowest BCUT2D eigenvalue weighted by Gasteiger charge is -2.04. The summed E-state index contributed by atoms with van der Waals surface area (Å²) >= 11 is 0. The molecule has 0 bridgehead atoms. The molecule has 1 rings (SSSR count). The first-order valence-corrected chi connectivity index (χ1v) is 4.95. The predicted molar refractivity (Wildman–Crippen MR) is 62.2 cm³/mol. The van der Waals surface area contributed by atoms with Crippen LogP contribution in [0.2, 0.25) is 0 Å². The molecule has 16 heavy (non-hydrogen) atoms. The summed E-state index contributed by atoms with van der Waals surface area (Å²) in [6, 6.07) is 6.57. The van der Waals surface area contributed by atoms with Crippen LogP contribution in [0.3, 0.4) is 0 Å². The second-order valence-electron chi connectivity index (χ2n) is 3.12. The summed E-state index contributed by atoms with van der Waals surface area (Å²) in [5, 5.41) is 0.